The maximum Gasteiger partial charge on any atom is 0.255 e. The molecule has 18 heavy (non-hydrogen) atoms. The average Bonchev–Trinajstić information content (AvgIpc) is 2.37. The number of nitrogens with one attached hydrogen (secondary N) is 1. The van der Waals surface area contributed by atoms with Crippen molar-refractivity contribution in [1.29, 1.82) is 0 Å². The third kappa shape index (κ3) is 3.20. The molecule has 1 saturated heterocycles. The minimum atomic E-state index is -0.571. The van der Waals surface area contributed by atoms with Gasteiger partial charge in [-0.1, -0.05) is 6.07 Å². The van der Waals surface area contributed by atoms with Crippen molar-refractivity contribution in [2.75, 3.05) is 19.7 Å². The lowest BCUT2D eigenvalue weighted by molar-refractivity contribution is -0.119. The molecule has 5 heteroatoms. The van der Waals surface area contributed by atoms with E-state index in [0.717, 1.165) is 31.5 Å². The van der Waals surface area contributed by atoms with Crippen LogP contribution in [0.1, 0.15) is 24.3 Å². The van der Waals surface area contributed by atoms with Crippen molar-refractivity contribution in [3.8, 4) is 5.75 Å². The summed E-state index contributed by atoms with van der Waals surface area (Å²) in [4.78, 5) is 10.6. The molecular weight excluding hydrogens is 235 g/mol. The number of amides is 1. The van der Waals surface area contributed by atoms with Crippen molar-refractivity contribution in [3.63, 3.8) is 0 Å². The van der Waals surface area contributed by atoms with E-state index in [-0.39, 0.29) is 18.3 Å². The van der Waals surface area contributed by atoms with Gasteiger partial charge in [-0.15, -0.1) is 0 Å². The van der Waals surface area contributed by atoms with E-state index in [1.165, 1.54) is 6.07 Å². The molecule has 1 aliphatic rings. The highest BCUT2D eigenvalue weighted by Crippen LogP contribution is 2.29. The van der Waals surface area contributed by atoms with Crippen LogP contribution >= 0.6 is 0 Å². The summed E-state index contributed by atoms with van der Waals surface area (Å²) in [6.45, 7) is 1.61. The molecule has 0 aliphatic carbocycles. The van der Waals surface area contributed by atoms with Crippen LogP contribution in [0.2, 0.25) is 0 Å². The molecule has 1 amide bonds. The van der Waals surface area contributed by atoms with Gasteiger partial charge in [-0.25, -0.2) is 4.39 Å². The third-order valence-corrected chi connectivity index (χ3v) is 3.13. The number of nitrogens with two attached hydrogens (primary N) is 1. The minimum Gasteiger partial charge on any atom is -0.484 e. The third-order valence-electron chi connectivity index (χ3n) is 3.13. The zero-order valence-electron chi connectivity index (χ0n) is 10.1. The highest BCUT2D eigenvalue weighted by atomic mass is 19.1. The number of halogens is 1. The Balaban J connectivity index is 2.06. The molecule has 1 fully saturated rings. The van der Waals surface area contributed by atoms with Crippen LogP contribution in [0.5, 0.6) is 5.75 Å². The lowest BCUT2D eigenvalue weighted by Gasteiger charge is -2.23. The van der Waals surface area contributed by atoms with Gasteiger partial charge in [0.05, 0.1) is 0 Å². The van der Waals surface area contributed by atoms with Crippen molar-refractivity contribution in [1.82, 2.24) is 5.32 Å². The Bertz CT molecular complexity index is 431. The Hall–Kier alpha value is -1.62. The number of ether oxygens (including phenoxy) is 1. The number of carbonyl (C=O) groups is 1. The van der Waals surface area contributed by atoms with Crippen LogP contribution in [0, 0.1) is 5.82 Å². The monoisotopic (exact) mass is 252 g/mol. The van der Waals surface area contributed by atoms with Crippen LogP contribution in [-0.4, -0.2) is 25.6 Å². The summed E-state index contributed by atoms with van der Waals surface area (Å²) >= 11 is 0. The Morgan fingerprint density at radius 2 is 2.17 bits per heavy atom. The smallest absolute Gasteiger partial charge is 0.255 e. The first-order chi connectivity index (χ1) is 8.66. The van der Waals surface area contributed by atoms with E-state index in [4.69, 9.17) is 10.5 Å². The molecule has 0 spiro atoms. The molecule has 3 N–H and O–H groups in total. The number of benzene rings is 1. The maximum absolute atomic E-state index is 13.9. The van der Waals surface area contributed by atoms with E-state index in [1.807, 2.05) is 0 Å². The summed E-state index contributed by atoms with van der Waals surface area (Å²) < 4.78 is 19.0. The number of rotatable bonds is 4. The first-order valence-corrected chi connectivity index (χ1v) is 6.08. The van der Waals surface area contributed by atoms with Crippen molar-refractivity contribution in [2.24, 2.45) is 5.73 Å². The van der Waals surface area contributed by atoms with Gasteiger partial charge >= 0.3 is 0 Å². The summed E-state index contributed by atoms with van der Waals surface area (Å²) in [5.41, 5.74) is 5.69. The summed E-state index contributed by atoms with van der Waals surface area (Å²) in [6.07, 6.45) is 1.89. The van der Waals surface area contributed by atoms with Crippen LogP contribution in [0.3, 0.4) is 0 Å². The summed E-state index contributed by atoms with van der Waals surface area (Å²) in [7, 11) is 0. The highest BCUT2D eigenvalue weighted by Gasteiger charge is 2.18. The largest absolute Gasteiger partial charge is 0.484 e. The van der Waals surface area contributed by atoms with Gasteiger partial charge in [0.15, 0.2) is 6.61 Å². The lowest BCUT2D eigenvalue weighted by Crippen LogP contribution is -2.27. The molecule has 0 radical (unpaired) electrons. The maximum atomic E-state index is 13.9. The zero-order valence-corrected chi connectivity index (χ0v) is 10.1. The molecule has 0 atom stereocenters. The van der Waals surface area contributed by atoms with Crippen LogP contribution in [0.25, 0.3) is 0 Å². The van der Waals surface area contributed by atoms with E-state index < -0.39 is 5.91 Å². The summed E-state index contributed by atoms with van der Waals surface area (Å²) in [5.74, 6) is -0.248. The quantitative estimate of drug-likeness (QED) is 0.845. The van der Waals surface area contributed by atoms with Crippen molar-refractivity contribution in [2.45, 2.75) is 18.8 Å². The van der Waals surface area contributed by atoms with Gasteiger partial charge in [0.25, 0.3) is 5.91 Å². The second-order valence-corrected chi connectivity index (χ2v) is 4.46. The Kier molecular flexibility index (Phi) is 4.15. The second kappa shape index (κ2) is 5.82. The predicted molar refractivity (Wildman–Crippen MR) is 65.9 cm³/mol. The number of carbonyl (C=O) groups excluding carboxylic acids is 1. The molecule has 1 aromatic rings. The molecule has 1 aromatic carbocycles. The Morgan fingerprint density at radius 3 is 2.78 bits per heavy atom. The van der Waals surface area contributed by atoms with Gasteiger partial charge in [-0.2, -0.15) is 0 Å². The molecule has 0 saturated carbocycles. The normalized spacial score (nSPS) is 16.5. The standard InChI is InChI=1S/C13H17FN2O2/c14-12-7-10(18-8-13(15)17)1-2-11(12)9-3-5-16-6-4-9/h1-2,7,9,16H,3-6,8H2,(H2,15,17). The number of piperidine rings is 1. The fourth-order valence-corrected chi connectivity index (χ4v) is 2.22. The van der Waals surface area contributed by atoms with Gasteiger partial charge in [-0.3, -0.25) is 4.79 Å². The first kappa shape index (κ1) is 12.8. The number of hydrogen-bond donors (Lipinski definition) is 2. The minimum absolute atomic E-state index is 0.230. The average molecular weight is 252 g/mol. The Morgan fingerprint density at radius 1 is 1.44 bits per heavy atom. The van der Waals surface area contributed by atoms with Crippen LogP contribution < -0.4 is 15.8 Å². The molecule has 1 aliphatic heterocycles. The van der Waals surface area contributed by atoms with E-state index in [1.54, 1.807) is 12.1 Å². The molecule has 2 rings (SSSR count). The summed E-state index contributed by atoms with van der Waals surface area (Å²) in [5, 5.41) is 3.25. The van der Waals surface area contributed by atoms with Gasteiger partial charge in [0.1, 0.15) is 11.6 Å². The van der Waals surface area contributed by atoms with Crippen LogP contribution in [-0.2, 0) is 4.79 Å². The predicted octanol–water partition coefficient (Wildman–Crippen LogP) is 1.16. The molecule has 98 valence electrons. The van der Waals surface area contributed by atoms with Gasteiger partial charge < -0.3 is 15.8 Å². The van der Waals surface area contributed by atoms with Crippen LogP contribution in [0.15, 0.2) is 18.2 Å². The lowest BCUT2D eigenvalue weighted by atomic mass is 9.90. The van der Waals surface area contributed by atoms with E-state index in [9.17, 15) is 9.18 Å². The molecule has 0 bridgehead atoms. The summed E-state index contributed by atoms with van der Waals surface area (Å²) in [6, 6.07) is 4.74. The molecular formula is C13H17FN2O2. The van der Waals surface area contributed by atoms with Gasteiger partial charge in [-0.05, 0) is 43.5 Å². The van der Waals surface area contributed by atoms with Crippen LogP contribution in [0.4, 0.5) is 4.39 Å². The number of hydrogen-bond acceptors (Lipinski definition) is 3. The highest BCUT2D eigenvalue weighted by molar-refractivity contribution is 5.75. The van der Waals surface area contributed by atoms with E-state index in [2.05, 4.69) is 5.32 Å². The Labute approximate surface area is 105 Å². The van der Waals surface area contributed by atoms with E-state index >= 15 is 0 Å². The first-order valence-electron chi connectivity index (χ1n) is 6.08. The van der Waals surface area contributed by atoms with E-state index in [0.29, 0.717) is 5.75 Å². The van der Waals surface area contributed by atoms with Gasteiger partial charge in [0, 0.05) is 6.07 Å². The van der Waals surface area contributed by atoms with Gasteiger partial charge in [0.2, 0.25) is 0 Å². The topological polar surface area (TPSA) is 64.4 Å². The SMILES string of the molecule is NC(=O)COc1ccc(C2CCNCC2)c(F)c1. The van der Waals surface area contributed by atoms with Crippen molar-refractivity contribution >= 4 is 5.91 Å². The number of primary amides is 1. The van der Waals surface area contributed by atoms with Crippen molar-refractivity contribution in [3.05, 3.63) is 29.6 Å². The fourth-order valence-electron chi connectivity index (χ4n) is 2.22. The zero-order chi connectivity index (χ0) is 13.0. The molecule has 0 aromatic heterocycles. The fraction of sp³-hybridized carbons (Fsp3) is 0.462. The molecule has 4 nitrogen and oxygen atoms in total. The van der Waals surface area contributed by atoms with Crippen molar-refractivity contribution < 1.29 is 13.9 Å². The molecule has 0 unspecified atom stereocenters. The second-order valence-electron chi connectivity index (χ2n) is 4.46. The molecule has 1 heterocycles.